The SMILES string of the molecule is COc1cc2c(cc1[O-])CCN(C(=O)C[NH+]1CCOCC1)C2C. The molecule has 1 unspecified atom stereocenters. The second-order valence-corrected chi connectivity index (χ2v) is 6.25. The summed E-state index contributed by atoms with van der Waals surface area (Å²) >= 11 is 0. The maximum Gasteiger partial charge on any atom is 0.278 e. The monoisotopic (exact) mass is 320 g/mol. The zero-order chi connectivity index (χ0) is 16.4. The Morgan fingerprint density at radius 1 is 1.43 bits per heavy atom. The molecule has 1 aromatic carbocycles. The molecule has 0 spiro atoms. The van der Waals surface area contributed by atoms with Crippen molar-refractivity contribution in [1.29, 1.82) is 0 Å². The Bertz CT molecular complexity index is 584. The normalized spacial score (nSPS) is 21.8. The third kappa shape index (κ3) is 3.28. The van der Waals surface area contributed by atoms with Crippen LogP contribution in [0.3, 0.4) is 0 Å². The van der Waals surface area contributed by atoms with Crippen molar-refractivity contribution in [2.24, 2.45) is 0 Å². The van der Waals surface area contributed by atoms with Crippen LogP contribution in [0.4, 0.5) is 0 Å². The first-order valence-corrected chi connectivity index (χ1v) is 8.18. The molecule has 2 aliphatic heterocycles. The number of hydrogen-bond acceptors (Lipinski definition) is 4. The Morgan fingerprint density at radius 2 is 2.17 bits per heavy atom. The quantitative estimate of drug-likeness (QED) is 0.786. The van der Waals surface area contributed by atoms with Crippen LogP contribution < -0.4 is 14.7 Å². The molecule has 0 saturated carbocycles. The van der Waals surface area contributed by atoms with E-state index in [0.717, 1.165) is 43.9 Å². The number of nitrogens with zero attached hydrogens (tertiary/aromatic N) is 1. The lowest BCUT2D eigenvalue weighted by atomic mass is 9.92. The molecule has 3 rings (SSSR count). The zero-order valence-electron chi connectivity index (χ0n) is 13.8. The minimum absolute atomic E-state index is 0.0267. The maximum atomic E-state index is 12.7. The van der Waals surface area contributed by atoms with Gasteiger partial charge in [-0.05, 0) is 30.5 Å². The highest BCUT2D eigenvalue weighted by Gasteiger charge is 2.30. The number of nitrogens with one attached hydrogen (secondary N) is 1. The van der Waals surface area contributed by atoms with Crippen LogP contribution in [0.25, 0.3) is 0 Å². The average molecular weight is 320 g/mol. The van der Waals surface area contributed by atoms with Crippen molar-refractivity contribution in [3.8, 4) is 11.5 Å². The minimum Gasteiger partial charge on any atom is -0.870 e. The molecule has 126 valence electrons. The van der Waals surface area contributed by atoms with E-state index in [-0.39, 0.29) is 17.7 Å². The number of fused-ring (bicyclic) bond motifs is 1. The van der Waals surface area contributed by atoms with Crippen LogP contribution in [-0.4, -0.2) is 57.3 Å². The fourth-order valence-electron chi connectivity index (χ4n) is 3.48. The molecule has 1 saturated heterocycles. The summed E-state index contributed by atoms with van der Waals surface area (Å²) in [4.78, 5) is 15.9. The minimum atomic E-state index is -0.0870. The van der Waals surface area contributed by atoms with Crippen LogP contribution >= 0.6 is 0 Å². The smallest absolute Gasteiger partial charge is 0.278 e. The summed E-state index contributed by atoms with van der Waals surface area (Å²) in [6, 6.07) is 3.42. The molecule has 2 heterocycles. The molecule has 0 aliphatic carbocycles. The Hall–Kier alpha value is -1.79. The summed E-state index contributed by atoms with van der Waals surface area (Å²) in [6.45, 7) is 6.43. The van der Waals surface area contributed by atoms with Gasteiger partial charge < -0.3 is 24.4 Å². The van der Waals surface area contributed by atoms with Crippen LogP contribution in [0.5, 0.6) is 11.5 Å². The first-order chi connectivity index (χ1) is 11.1. The fourth-order valence-corrected chi connectivity index (χ4v) is 3.48. The van der Waals surface area contributed by atoms with Gasteiger partial charge in [-0.2, -0.15) is 0 Å². The van der Waals surface area contributed by atoms with Crippen LogP contribution in [0.2, 0.25) is 0 Å². The summed E-state index contributed by atoms with van der Waals surface area (Å²) in [5.74, 6) is 0.435. The average Bonchev–Trinajstić information content (AvgIpc) is 2.55. The molecule has 0 bridgehead atoms. The lowest BCUT2D eigenvalue weighted by molar-refractivity contribution is -0.900. The van der Waals surface area contributed by atoms with Gasteiger partial charge in [-0.25, -0.2) is 0 Å². The van der Waals surface area contributed by atoms with Crippen molar-refractivity contribution in [1.82, 2.24) is 4.90 Å². The number of hydrogen-bond donors (Lipinski definition) is 1. The van der Waals surface area contributed by atoms with Crippen LogP contribution in [0, 0.1) is 0 Å². The molecule has 0 aromatic heterocycles. The molecule has 6 nitrogen and oxygen atoms in total. The summed E-state index contributed by atoms with van der Waals surface area (Å²) < 4.78 is 10.5. The Kier molecular flexibility index (Phi) is 4.73. The molecule has 1 amide bonds. The van der Waals surface area contributed by atoms with E-state index in [1.165, 1.54) is 12.0 Å². The van der Waals surface area contributed by atoms with Crippen molar-refractivity contribution in [3.63, 3.8) is 0 Å². The third-order valence-electron chi connectivity index (χ3n) is 4.89. The van der Waals surface area contributed by atoms with E-state index in [4.69, 9.17) is 9.47 Å². The Labute approximate surface area is 136 Å². The van der Waals surface area contributed by atoms with E-state index in [1.807, 2.05) is 11.8 Å². The van der Waals surface area contributed by atoms with Gasteiger partial charge in [-0.1, -0.05) is 11.8 Å². The van der Waals surface area contributed by atoms with Gasteiger partial charge in [0.1, 0.15) is 18.8 Å². The third-order valence-corrected chi connectivity index (χ3v) is 4.89. The van der Waals surface area contributed by atoms with Crippen molar-refractivity contribution in [2.45, 2.75) is 19.4 Å². The number of quaternary nitrogens is 1. The maximum absolute atomic E-state index is 12.7. The van der Waals surface area contributed by atoms with E-state index < -0.39 is 0 Å². The first-order valence-electron chi connectivity index (χ1n) is 8.18. The Morgan fingerprint density at radius 3 is 2.87 bits per heavy atom. The van der Waals surface area contributed by atoms with Crippen molar-refractivity contribution >= 4 is 5.91 Å². The first kappa shape index (κ1) is 16.1. The molecule has 6 heteroatoms. The largest absolute Gasteiger partial charge is 0.870 e. The van der Waals surface area contributed by atoms with E-state index >= 15 is 0 Å². The van der Waals surface area contributed by atoms with E-state index in [2.05, 4.69) is 0 Å². The lowest BCUT2D eigenvalue weighted by Gasteiger charge is -2.37. The van der Waals surface area contributed by atoms with Crippen LogP contribution in [0.15, 0.2) is 12.1 Å². The van der Waals surface area contributed by atoms with Crippen LogP contribution in [-0.2, 0) is 16.0 Å². The molecule has 2 aliphatic rings. The number of ether oxygens (including phenoxy) is 2. The molecule has 1 fully saturated rings. The summed E-state index contributed by atoms with van der Waals surface area (Å²) in [7, 11) is 1.50. The molecule has 1 N–H and O–H groups in total. The number of rotatable bonds is 3. The Balaban J connectivity index is 1.74. The van der Waals surface area contributed by atoms with E-state index in [0.29, 0.717) is 18.8 Å². The van der Waals surface area contributed by atoms with Gasteiger partial charge in [-0.15, -0.1) is 0 Å². The number of morpholine rings is 1. The van der Waals surface area contributed by atoms with Crippen LogP contribution in [0.1, 0.15) is 24.1 Å². The second kappa shape index (κ2) is 6.76. The van der Waals surface area contributed by atoms with Gasteiger partial charge in [0, 0.05) is 6.54 Å². The predicted molar refractivity (Wildman–Crippen MR) is 82.7 cm³/mol. The fraction of sp³-hybridized carbons (Fsp3) is 0.588. The van der Waals surface area contributed by atoms with Crippen molar-refractivity contribution in [2.75, 3.05) is 46.5 Å². The van der Waals surface area contributed by atoms with E-state index in [1.54, 1.807) is 12.1 Å². The second-order valence-electron chi connectivity index (χ2n) is 6.25. The van der Waals surface area contributed by atoms with Gasteiger partial charge in [-0.3, -0.25) is 4.79 Å². The van der Waals surface area contributed by atoms with Gasteiger partial charge >= 0.3 is 0 Å². The molecule has 1 atom stereocenters. The zero-order valence-corrected chi connectivity index (χ0v) is 13.8. The number of carbonyl (C=O) groups excluding carboxylic acids is 1. The van der Waals surface area contributed by atoms with E-state index in [9.17, 15) is 9.90 Å². The lowest BCUT2D eigenvalue weighted by Crippen LogP contribution is -3.15. The molecule has 1 aromatic rings. The standard InChI is InChI=1S/C17H24N2O4/c1-12-14-10-16(22-2)15(20)9-13(14)3-4-19(12)17(21)11-18-5-7-23-8-6-18/h9-10,12,20H,3-8,11H2,1-2H3. The highest BCUT2D eigenvalue weighted by molar-refractivity contribution is 5.78. The number of amides is 1. The van der Waals surface area contributed by atoms with Gasteiger partial charge in [0.05, 0.1) is 26.4 Å². The highest BCUT2D eigenvalue weighted by atomic mass is 16.5. The predicted octanol–water partition coefficient (Wildman–Crippen LogP) is -0.870. The molecule has 23 heavy (non-hydrogen) atoms. The van der Waals surface area contributed by atoms with Gasteiger partial charge in [0.15, 0.2) is 6.54 Å². The molecule has 0 radical (unpaired) electrons. The summed E-state index contributed by atoms with van der Waals surface area (Å²) in [5.41, 5.74) is 2.06. The van der Waals surface area contributed by atoms with Crippen molar-refractivity contribution < 1.29 is 24.3 Å². The van der Waals surface area contributed by atoms with Crippen molar-refractivity contribution in [3.05, 3.63) is 23.3 Å². The summed E-state index contributed by atoms with van der Waals surface area (Å²) in [5, 5.41) is 11.9. The summed E-state index contributed by atoms with van der Waals surface area (Å²) in [6.07, 6.45) is 0.725. The number of methoxy groups -OCH3 is 1. The number of benzene rings is 1. The molecular weight excluding hydrogens is 296 g/mol. The topological polar surface area (TPSA) is 66.3 Å². The van der Waals surface area contributed by atoms with Gasteiger partial charge in [0.25, 0.3) is 5.91 Å². The number of carbonyl (C=O) groups is 1. The van der Waals surface area contributed by atoms with Gasteiger partial charge in [0.2, 0.25) is 0 Å². The highest BCUT2D eigenvalue weighted by Crippen LogP contribution is 2.36. The molecular formula is C17H24N2O4.